The van der Waals surface area contributed by atoms with Crippen LogP contribution in [0.3, 0.4) is 0 Å². The lowest BCUT2D eigenvalue weighted by Crippen LogP contribution is -2.48. The normalized spacial score (nSPS) is 24.6. The first kappa shape index (κ1) is 15.1. The smallest absolute Gasteiger partial charge is 0.0896 e. The highest BCUT2D eigenvalue weighted by atomic mass is 35.5. The van der Waals surface area contributed by atoms with Gasteiger partial charge >= 0.3 is 0 Å². The molecule has 1 saturated heterocycles. The van der Waals surface area contributed by atoms with Crippen LogP contribution in [0.25, 0.3) is 0 Å². The predicted octanol–water partition coefficient (Wildman–Crippen LogP) is 2.97. The summed E-state index contributed by atoms with van der Waals surface area (Å²) in [6.45, 7) is 5.60. The number of hydrogen-bond donors (Lipinski definition) is 1. The maximum atomic E-state index is 6.36. The summed E-state index contributed by atoms with van der Waals surface area (Å²) in [7, 11) is 1.94. The van der Waals surface area contributed by atoms with Crippen molar-refractivity contribution in [3.8, 4) is 0 Å². The van der Waals surface area contributed by atoms with Crippen molar-refractivity contribution in [3.63, 3.8) is 0 Å². The number of ether oxygens (including phenoxy) is 1. The van der Waals surface area contributed by atoms with Gasteiger partial charge in [0, 0.05) is 23.1 Å². The zero-order valence-electron chi connectivity index (χ0n) is 11.3. The van der Waals surface area contributed by atoms with Crippen LogP contribution < -0.4 is 5.32 Å². The van der Waals surface area contributed by atoms with Crippen molar-refractivity contribution >= 4 is 23.2 Å². The van der Waals surface area contributed by atoms with Crippen LogP contribution in [0.1, 0.15) is 18.5 Å². The molecule has 5 heteroatoms. The van der Waals surface area contributed by atoms with Crippen molar-refractivity contribution in [1.29, 1.82) is 0 Å². The van der Waals surface area contributed by atoms with Crippen molar-refractivity contribution < 1.29 is 4.74 Å². The Hall–Kier alpha value is -0.320. The predicted molar refractivity (Wildman–Crippen MR) is 80.1 cm³/mol. The highest BCUT2D eigenvalue weighted by Crippen LogP contribution is 2.35. The number of likely N-dealkylation sites (N-methyl/N-ethyl adjacent to an activating group) is 2. The summed E-state index contributed by atoms with van der Waals surface area (Å²) in [6, 6.07) is 5.78. The molecular formula is C14H20Cl2N2O. The van der Waals surface area contributed by atoms with Gasteiger partial charge in [-0.2, -0.15) is 0 Å². The van der Waals surface area contributed by atoms with E-state index in [4.69, 9.17) is 27.9 Å². The first-order chi connectivity index (χ1) is 9.17. The molecule has 1 fully saturated rings. The number of morpholine rings is 1. The maximum absolute atomic E-state index is 6.36. The molecule has 19 heavy (non-hydrogen) atoms. The van der Waals surface area contributed by atoms with E-state index in [9.17, 15) is 0 Å². The molecule has 1 N–H and O–H groups in total. The largest absolute Gasteiger partial charge is 0.374 e. The Morgan fingerprint density at radius 1 is 1.42 bits per heavy atom. The Labute approximate surface area is 124 Å². The zero-order chi connectivity index (χ0) is 13.8. The summed E-state index contributed by atoms with van der Waals surface area (Å²) in [5.74, 6) is 0. The van der Waals surface area contributed by atoms with E-state index in [1.54, 1.807) is 0 Å². The highest BCUT2D eigenvalue weighted by Gasteiger charge is 2.33. The molecule has 2 unspecified atom stereocenters. The molecule has 0 aliphatic carbocycles. The van der Waals surface area contributed by atoms with Gasteiger partial charge in [0.2, 0.25) is 0 Å². The zero-order valence-corrected chi connectivity index (χ0v) is 12.8. The quantitative estimate of drug-likeness (QED) is 0.925. The minimum atomic E-state index is 0.0923. The molecule has 1 aliphatic heterocycles. The summed E-state index contributed by atoms with van der Waals surface area (Å²) >= 11 is 12.5. The molecule has 106 valence electrons. The Morgan fingerprint density at radius 3 is 2.89 bits per heavy atom. The minimum absolute atomic E-state index is 0.0923. The number of benzene rings is 1. The second kappa shape index (κ2) is 6.91. The fourth-order valence-corrected chi connectivity index (χ4v) is 3.06. The van der Waals surface area contributed by atoms with Crippen LogP contribution in [-0.4, -0.2) is 44.3 Å². The summed E-state index contributed by atoms with van der Waals surface area (Å²) < 4.78 is 5.91. The van der Waals surface area contributed by atoms with E-state index in [-0.39, 0.29) is 12.1 Å². The Morgan fingerprint density at radius 2 is 2.21 bits per heavy atom. The molecule has 0 aromatic heterocycles. The molecule has 0 saturated carbocycles. The average molecular weight is 303 g/mol. The van der Waals surface area contributed by atoms with Crippen LogP contribution in [0.2, 0.25) is 10.0 Å². The van der Waals surface area contributed by atoms with E-state index in [1.165, 1.54) is 0 Å². The third-order valence-corrected chi connectivity index (χ3v) is 4.12. The second-order valence-electron chi connectivity index (χ2n) is 4.71. The fourth-order valence-electron chi connectivity index (χ4n) is 2.65. The standard InChI is InChI=1S/C14H20Cl2N2O/c1-3-18-6-7-19-13(9-17-2)14(18)11-8-10(15)4-5-12(11)16/h4-5,8,13-14,17H,3,6-7,9H2,1-2H3. The van der Waals surface area contributed by atoms with Gasteiger partial charge in [-0.1, -0.05) is 30.1 Å². The van der Waals surface area contributed by atoms with E-state index >= 15 is 0 Å². The van der Waals surface area contributed by atoms with Crippen LogP contribution >= 0.6 is 23.2 Å². The molecule has 2 atom stereocenters. The van der Waals surface area contributed by atoms with Crippen molar-refractivity contribution in [2.24, 2.45) is 0 Å². The van der Waals surface area contributed by atoms with Gasteiger partial charge in [-0.25, -0.2) is 0 Å². The number of halogens is 2. The monoisotopic (exact) mass is 302 g/mol. The van der Waals surface area contributed by atoms with Crippen LogP contribution in [0.4, 0.5) is 0 Å². The fraction of sp³-hybridized carbons (Fsp3) is 0.571. The number of rotatable bonds is 4. The molecule has 2 rings (SSSR count). The summed E-state index contributed by atoms with van der Waals surface area (Å²) in [4.78, 5) is 2.39. The summed E-state index contributed by atoms with van der Waals surface area (Å²) in [6.07, 6.45) is 0.0923. The van der Waals surface area contributed by atoms with Crippen LogP contribution in [0.5, 0.6) is 0 Å². The lowest BCUT2D eigenvalue weighted by molar-refractivity contribution is -0.0686. The van der Waals surface area contributed by atoms with Crippen molar-refractivity contribution in [3.05, 3.63) is 33.8 Å². The molecule has 0 amide bonds. The lowest BCUT2D eigenvalue weighted by Gasteiger charge is -2.41. The lowest BCUT2D eigenvalue weighted by atomic mass is 9.97. The minimum Gasteiger partial charge on any atom is -0.374 e. The molecule has 1 aliphatic rings. The van der Waals surface area contributed by atoms with Crippen LogP contribution in [0.15, 0.2) is 18.2 Å². The van der Waals surface area contributed by atoms with Gasteiger partial charge in [0.05, 0.1) is 18.8 Å². The third kappa shape index (κ3) is 3.41. The number of hydrogen-bond acceptors (Lipinski definition) is 3. The highest BCUT2D eigenvalue weighted by molar-refractivity contribution is 6.33. The summed E-state index contributed by atoms with van der Waals surface area (Å²) in [5.41, 5.74) is 1.05. The van der Waals surface area contributed by atoms with Gasteiger partial charge in [-0.05, 0) is 37.4 Å². The van der Waals surface area contributed by atoms with E-state index in [0.717, 1.165) is 36.8 Å². The van der Waals surface area contributed by atoms with Gasteiger partial charge in [0.1, 0.15) is 0 Å². The van der Waals surface area contributed by atoms with E-state index in [0.29, 0.717) is 5.02 Å². The molecule has 1 heterocycles. The van der Waals surface area contributed by atoms with Crippen molar-refractivity contribution in [1.82, 2.24) is 10.2 Å². The van der Waals surface area contributed by atoms with Crippen molar-refractivity contribution in [2.75, 3.05) is 33.3 Å². The molecule has 0 bridgehead atoms. The summed E-state index contributed by atoms with van der Waals surface area (Å²) in [5, 5.41) is 4.65. The van der Waals surface area contributed by atoms with Gasteiger partial charge in [0.25, 0.3) is 0 Å². The Bertz CT molecular complexity index is 426. The van der Waals surface area contributed by atoms with Crippen molar-refractivity contribution in [2.45, 2.75) is 19.1 Å². The average Bonchev–Trinajstić information content (AvgIpc) is 2.42. The molecule has 1 aromatic carbocycles. The second-order valence-corrected chi connectivity index (χ2v) is 5.55. The van der Waals surface area contributed by atoms with E-state index in [1.807, 2.05) is 25.2 Å². The number of nitrogens with one attached hydrogen (secondary N) is 1. The molecule has 3 nitrogen and oxygen atoms in total. The Balaban J connectivity index is 2.36. The van der Waals surface area contributed by atoms with Crippen LogP contribution in [-0.2, 0) is 4.74 Å². The van der Waals surface area contributed by atoms with E-state index < -0.39 is 0 Å². The van der Waals surface area contributed by atoms with E-state index in [2.05, 4.69) is 17.1 Å². The van der Waals surface area contributed by atoms with Gasteiger partial charge in [-0.3, -0.25) is 4.90 Å². The van der Waals surface area contributed by atoms with Gasteiger partial charge in [-0.15, -0.1) is 0 Å². The maximum Gasteiger partial charge on any atom is 0.0896 e. The van der Waals surface area contributed by atoms with Crippen LogP contribution in [0, 0.1) is 0 Å². The number of nitrogens with zero attached hydrogens (tertiary/aromatic N) is 1. The SMILES string of the molecule is CCN1CCOC(CNC)C1c1cc(Cl)ccc1Cl. The molecule has 1 aromatic rings. The topological polar surface area (TPSA) is 24.5 Å². The first-order valence-electron chi connectivity index (χ1n) is 6.62. The van der Waals surface area contributed by atoms with Gasteiger partial charge < -0.3 is 10.1 Å². The Kier molecular flexibility index (Phi) is 5.48. The van der Waals surface area contributed by atoms with Gasteiger partial charge in [0.15, 0.2) is 0 Å². The first-order valence-corrected chi connectivity index (χ1v) is 7.38. The molecule has 0 spiro atoms. The third-order valence-electron chi connectivity index (χ3n) is 3.54. The molecular weight excluding hydrogens is 283 g/mol. The molecule has 0 radical (unpaired) electrons.